The third-order valence-electron chi connectivity index (χ3n) is 9.77. The van der Waals surface area contributed by atoms with Crippen LogP contribution in [0.3, 0.4) is 0 Å². The molecule has 52 heavy (non-hydrogen) atoms. The second-order valence-corrected chi connectivity index (χ2v) is 13.2. The molecular weight excluding hydrogens is 645 g/mol. The Bertz CT molecular complexity index is 2270. The summed E-state index contributed by atoms with van der Waals surface area (Å²) in [6, 6.07) is 41.5. The molecule has 0 aliphatic carbocycles. The molecule has 0 fully saturated rings. The van der Waals surface area contributed by atoms with Gasteiger partial charge in [-0.2, -0.15) is 0 Å². The van der Waals surface area contributed by atoms with Crippen LogP contribution in [0, 0.1) is 0 Å². The van der Waals surface area contributed by atoms with Gasteiger partial charge in [-0.3, -0.25) is 0 Å². The van der Waals surface area contributed by atoms with Crippen LogP contribution in [0.15, 0.2) is 130 Å². The average molecular weight is 683 g/mol. The minimum absolute atomic E-state index is 0.239. The maximum atomic E-state index is 5.93. The third kappa shape index (κ3) is 6.51. The van der Waals surface area contributed by atoms with Crippen molar-refractivity contribution in [2.75, 3.05) is 0 Å². The van der Waals surface area contributed by atoms with Crippen LogP contribution in [0.4, 0.5) is 0 Å². The number of aromatic nitrogens is 6. The molecule has 3 heterocycles. The Morgan fingerprint density at radius 2 is 0.712 bits per heavy atom. The molecular formula is C44H38N6O2. The summed E-state index contributed by atoms with van der Waals surface area (Å²) in [7, 11) is 0. The highest BCUT2D eigenvalue weighted by Gasteiger charge is 2.17. The Balaban J connectivity index is 1.05. The molecule has 8 aromatic rings. The van der Waals surface area contributed by atoms with Gasteiger partial charge in [0.05, 0.1) is 22.4 Å². The number of hydrogen-bond acceptors (Lipinski definition) is 8. The number of benzene rings is 5. The van der Waals surface area contributed by atoms with Gasteiger partial charge in [0.15, 0.2) is 0 Å². The molecule has 0 radical (unpaired) electrons. The number of para-hydroxylation sites is 2. The van der Waals surface area contributed by atoms with Gasteiger partial charge >= 0.3 is 0 Å². The molecule has 0 saturated carbocycles. The van der Waals surface area contributed by atoms with Gasteiger partial charge in [-0.05, 0) is 71.5 Å². The van der Waals surface area contributed by atoms with Crippen LogP contribution >= 0.6 is 0 Å². The zero-order chi connectivity index (χ0) is 35.6. The maximum absolute atomic E-state index is 5.93. The fraction of sp³-hybridized carbons (Fsp3) is 0.182. The van der Waals surface area contributed by atoms with Crippen LogP contribution in [-0.2, 0) is 0 Å². The first-order valence-corrected chi connectivity index (χ1v) is 17.8. The minimum atomic E-state index is 0.239. The predicted octanol–water partition coefficient (Wildman–Crippen LogP) is 11.4. The largest absolute Gasteiger partial charge is 0.420 e. The molecule has 5 aromatic carbocycles. The van der Waals surface area contributed by atoms with Crippen molar-refractivity contribution < 1.29 is 8.83 Å². The van der Waals surface area contributed by atoms with Gasteiger partial charge in [-0.15, -0.1) is 20.4 Å². The molecule has 256 valence electrons. The molecule has 0 saturated heterocycles. The van der Waals surface area contributed by atoms with Crippen molar-refractivity contribution in [3.8, 4) is 67.7 Å². The summed E-state index contributed by atoms with van der Waals surface area (Å²) in [5, 5.41) is 17.0. The molecule has 2 atom stereocenters. The van der Waals surface area contributed by atoms with E-state index in [0.29, 0.717) is 23.6 Å². The molecule has 0 aliphatic rings. The molecule has 8 heteroatoms. The van der Waals surface area contributed by atoms with E-state index in [-0.39, 0.29) is 11.8 Å². The van der Waals surface area contributed by atoms with E-state index < -0.39 is 0 Å². The van der Waals surface area contributed by atoms with E-state index in [1.807, 2.05) is 48.5 Å². The van der Waals surface area contributed by atoms with E-state index in [0.717, 1.165) is 79.8 Å². The van der Waals surface area contributed by atoms with Crippen molar-refractivity contribution in [3.63, 3.8) is 0 Å². The number of nitrogens with zero attached hydrogens (tertiary/aromatic N) is 6. The normalized spacial score (nSPS) is 12.6. The fourth-order valence-electron chi connectivity index (χ4n) is 6.10. The van der Waals surface area contributed by atoms with Crippen molar-refractivity contribution in [2.24, 2.45) is 0 Å². The Kier molecular flexibility index (Phi) is 8.95. The second kappa shape index (κ2) is 14.2. The summed E-state index contributed by atoms with van der Waals surface area (Å²) in [6.45, 7) is 8.41. The maximum Gasteiger partial charge on any atom is 0.247 e. The average Bonchev–Trinajstić information content (AvgIpc) is 3.92. The molecule has 0 N–H and O–H groups in total. The lowest BCUT2D eigenvalue weighted by molar-refractivity contribution is 0.462. The second-order valence-electron chi connectivity index (χ2n) is 13.2. The summed E-state index contributed by atoms with van der Waals surface area (Å²) in [5.74, 6) is 2.91. The lowest BCUT2D eigenvalue weighted by Gasteiger charge is -2.12. The van der Waals surface area contributed by atoms with Crippen LogP contribution in [-0.4, -0.2) is 30.4 Å². The van der Waals surface area contributed by atoms with Crippen LogP contribution in [0.5, 0.6) is 0 Å². The van der Waals surface area contributed by atoms with E-state index in [1.165, 1.54) is 0 Å². The monoisotopic (exact) mass is 682 g/mol. The standard InChI is InChI=1S/C44H38N6O2/c1-5-27(3)41-47-49-43(51-41)35-23-15-31(16-24-35)29-11-19-33(20-12-29)39-40(46-38-10-8-7-9-37(38)45-39)34-21-13-30(14-22-34)32-17-25-36(26-18-32)44-50-48-42(52-44)28(4)6-2/h7-28H,5-6H2,1-4H3. The summed E-state index contributed by atoms with van der Waals surface area (Å²) >= 11 is 0. The number of fused-ring (bicyclic) bond motifs is 1. The quantitative estimate of drug-likeness (QED) is 0.140. The summed E-state index contributed by atoms with van der Waals surface area (Å²) in [6.07, 6.45) is 1.91. The first kappa shape index (κ1) is 32.9. The van der Waals surface area contributed by atoms with Gasteiger partial charge in [0, 0.05) is 34.1 Å². The Morgan fingerprint density at radius 3 is 1.04 bits per heavy atom. The van der Waals surface area contributed by atoms with Crippen molar-refractivity contribution in [3.05, 3.63) is 133 Å². The van der Waals surface area contributed by atoms with Crippen LogP contribution in [0.2, 0.25) is 0 Å². The molecule has 3 aromatic heterocycles. The van der Waals surface area contributed by atoms with E-state index in [4.69, 9.17) is 18.8 Å². The van der Waals surface area contributed by atoms with Gasteiger partial charge in [0.25, 0.3) is 0 Å². The highest BCUT2D eigenvalue weighted by Crippen LogP contribution is 2.35. The van der Waals surface area contributed by atoms with E-state index in [9.17, 15) is 0 Å². The number of hydrogen-bond donors (Lipinski definition) is 0. The molecule has 0 amide bonds. The third-order valence-corrected chi connectivity index (χ3v) is 9.77. The Labute approximate surface area is 302 Å². The zero-order valence-corrected chi connectivity index (χ0v) is 29.6. The van der Waals surface area contributed by atoms with Crippen molar-refractivity contribution in [2.45, 2.75) is 52.4 Å². The molecule has 0 aliphatic heterocycles. The van der Waals surface area contributed by atoms with Gasteiger partial charge in [0.1, 0.15) is 0 Å². The van der Waals surface area contributed by atoms with Gasteiger partial charge in [-0.25, -0.2) is 9.97 Å². The van der Waals surface area contributed by atoms with Crippen molar-refractivity contribution >= 4 is 11.0 Å². The van der Waals surface area contributed by atoms with Crippen molar-refractivity contribution in [1.29, 1.82) is 0 Å². The fourth-order valence-corrected chi connectivity index (χ4v) is 6.10. The number of rotatable bonds is 10. The first-order chi connectivity index (χ1) is 25.5. The smallest absolute Gasteiger partial charge is 0.247 e. The highest BCUT2D eigenvalue weighted by atomic mass is 16.4. The van der Waals surface area contributed by atoms with E-state index >= 15 is 0 Å². The van der Waals surface area contributed by atoms with E-state index in [2.05, 4.69) is 121 Å². The summed E-state index contributed by atoms with van der Waals surface area (Å²) in [5.41, 5.74) is 11.6. The molecule has 2 unspecified atom stereocenters. The topological polar surface area (TPSA) is 104 Å². The van der Waals surface area contributed by atoms with Crippen LogP contribution in [0.1, 0.15) is 64.2 Å². The molecule has 8 nitrogen and oxygen atoms in total. The molecule has 0 bridgehead atoms. The SMILES string of the molecule is CCC(C)c1nnc(-c2ccc(-c3ccc(-c4nc5ccccc5nc4-c4ccc(-c5ccc(-c6nnc(C(C)CC)o6)cc5)cc4)cc3)cc2)o1. The Morgan fingerprint density at radius 1 is 0.404 bits per heavy atom. The van der Waals surface area contributed by atoms with Gasteiger partial charge in [0.2, 0.25) is 23.6 Å². The summed E-state index contributed by atoms with van der Waals surface area (Å²) < 4.78 is 11.9. The molecule has 0 spiro atoms. The lowest BCUT2D eigenvalue weighted by atomic mass is 9.97. The molecule has 8 rings (SSSR count). The van der Waals surface area contributed by atoms with Crippen LogP contribution in [0.25, 0.3) is 78.7 Å². The van der Waals surface area contributed by atoms with Crippen molar-refractivity contribution in [1.82, 2.24) is 30.4 Å². The van der Waals surface area contributed by atoms with Gasteiger partial charge < -0.3 is 8.83 Å². The van der Waals surface area contributed by atoms with E-state index in [1.54, 1.807) is 0 Å². The van der Waals surface area contributed by atoms with Crippen LogP contribution < -0.4 is 0 Å². The highest BCUT2D eigenvalue weighted by molar-refractivity contribution is 5.87. The van der Waals surface area contributed by atoms with Gasteiger partial charge in [-0.1, -0.05) is 113 Å². The predicted molar refractivity (Wildman–Crippen MR) is 205 cm³/mol. The zero-order valence-electron chi connectivity index (χ0n) is 29.6. The summed E-state index contributed by atoms with van der Waals surface area (Å²) in [4.78, 5) is 10.2. The first-order valence-electron chi connectivity index (χ1n) is 17.8. The minimum Gasteiger partial charge on any atom is -0.420 e. The Hall–Kier alpha value is -6.28. The lowest BCUT2D eigenvalue weighted by Crippen LogP contribution is -1.95.